The molecule has 11 N–H and O–H groups in total. The highest BCUT2D eigenvalue weighted by Gasteiger charge is 2.52. The average molecular weight is 727 g/mol. The molecule has 6 rings (SSSR count). The molecule has 2 aromatic carbocycles. The zero-order valence-electron chi connectivity index (χ0n) is 26.6. The summed E-state index contributed by atoms with van der Waals surface area (Å²) in [6, 6.07) is 7.14. The first kappa shape index (κ1) is 37.1. The Labute approximate surface area is 287 Å². The van der Waals surface area contributed by atoms with Gasteiger partial charge in [-0.2, -0.15) is 0 Å². The first-order chi connectivity index (χ1) is 24.2. The highest BCUT2D eigenvalue weighted by molar-refractivity contribution is 5.83. The molecule has 0 spiro atoms. The van der Waals surface area contributed by atoms with Gasteiger partial charge in [0.15, 0.2) is 29.8 Å². The second kappa shape index (κ2) is 14.8. The molecule has 51 heavy (non-hydrogen) atoms. The normalized spacial score (nSPS) is 37.4. The van der Waals surface area contributed by atoms with Gasteiger partial charge in [0.2, 0.25) is 17.5 Å². The third-order valence-electron chi connectivity index (χ3n) is 8.94. The second-order valence-corrected chi connectivity index (χ2v) is 12.4. The van der Waals surface area contributed by atoms with Gasteiger partial charge in [0.25, 0.3) is 0 Å². The van der Waals surface area contributed by atoms with Crippen molar-refractivity contribution in [1.29, 1.82) is 0 Å². The Morgan fingerprint density at radius 3 is 2.16 bits per heavy atom. The Balaban J connectivity index is 1.23. The highest BCUT2D eigenvalue weighted by atomic mass is 16.8. The molecule has 19 heteroatoms. The summed E-state index contributed by atoms with van der Waals surface area (Å²) in [5.41, 5.74) is -0.817. The van der Waals surface area contributed by atoms with Crippen molar-refractivity contribution in [3.63, 3.8) is 0 Å². The monoisotopic (exact) mass is 726 g/mol. The van der Waals surface area contributed by atoms with Crippen LogP contribution in [0.25, 0.3) is 22.3 Å². The number of aliphatic hydroxyl groups excluding tert-OH is 8. The molecule has 1 aromatic heterocycles. The van der Waals surface area contributed by atoms with Crippen LogP contribution in [0.2, 0.25) is 0 Å². The summed E-state index contributed by atoms with van der Waals surface area (Å²) in [7, 11) is 0. The SMILES string of the molecule is C[C@@H]1O[C@@H](Oc2c(-c3ccc(O)c(O)c3)oc3cc(O)ccc3c2=O)[C@H](O)[C@H](O)[C@H]1O[C@@H]1O[C@H](CO)[C@H](O)[C@H](O[C@@H]2OC[C@@H](O)[C@H](O)[C@H]2O)[C@H]1O. The van der Waals surface area contributed by atoms with Gasteiger partial charge in [0.05, 0.1) is 24.7 Å². The minimum absolute atomic E-state index is 0.0421. The zero-order chi connectivity index (χ0) is 36.9. The van der Waals surface area contributed by atoms with Crippen molar-refractivity contribution in [1.82, 2.24) is 0 Å². The summed E-state index contributed by atoms with van der Waals surface area (Å²) in [6.07, 6.45) is -23.3. The lowest BCUT2D eigenvalue weighted by molar-refractivity contribution is -0.370. The van der Waals surface area contributed by atoms with E-state index in [2.05, 4.69) is 0 Å². The van der Waals surface area contributed by atoms with Crippen LogP contribution in [-0.2, 0) is 23.7 Å². The Morgan fingerprint density at radius 1 is 0.745 bits per heavy atom. The second-order valence-electron chi connectivity index (χ2n) is 12.4. The van der Waals surface area contributed by atoms with Crippen LogP contribution < -0.4 is 10.2 Å². The van der Waals surface area contributed by atoms with E-state index in [4.69, 9.17) is 32.8 Å². The lowest BCUT2D eigenvalue weighted by Crippen LogP contribution is -2.65. The molecular formula is C32H38O19. The van der Waals surface area contributed by atoms with E-state index in [-0.39, 0.29) is 28.0 Å². The van der Waals surface area contributed by atoms with E-state index in [0.29, 0.717) is 0 Å². The number of ether oxygens (including phenoxy) is 6. The van der Waals surface area contributed by atoms with Gasteiger partial charge < -0.3 is 89.0 Å². The van der Waals surface area contributed by atoms with E-state index >= 15 is 0 Å². The van der Waals surface area contributed by atoms with Gasteiger partial charge in [-0.3, -0.25) is 4.79 Å². The molecule has 3 saturated heterocycles. The molecule has 0 radical (unpaired) electrons. The van der Waals surface area contributed by atoms with E-state index in [0.717, 1.165) is 12.1 Å². The van der Waals surface area contributed by atoms with Gasteiger partial charge in [0, 0.05) is 11.6 Å². The fourth-order valence-electron chi connectivity index (χ4n) is 6.07. The molecule has 0 aliphatic carbocycles. The minimum Gasteiger partial charge on any atom is -0.508 e. The molecule has 3 aliphatic heterocycles. The zero-order valence-corrected chi connectivity index (χ0v) is 26.6. The molecule has 19 nitrogen and oxygen atoms in total. The number of hydrogen-bond donors (Lipinski definition) is 11. The van der Waals surface area contributed by atoms with E-state index in [1.165, 1.54) is 31.2 Å². The smallest absolute Gasteiger partial charge is 0.235 e. The lowest BCUT2D eigenvalue weighted by atomic mass is 9.96. The molecule has 14 atom stereocenters. The van der Waals surface area contributed by atoms with Crippen LogP contribution in [0.15, 0.2) is 45.6 Å². The Hall–Kier alpha value is -3.67. The molecule has 0 bridgehead atoms. The third kappa shape index (κ3) is 7.09. The summed E-state index contributed by atoms with van der Waals surface area (Å²) in [5, 5.41) is 114. The van der Waals surface area contributed by atoms with Gasteiger partial charge in [-0.15, -0.1) is 0 Å². The van der Waals surface area contributed by atoms with Gasteiger partial charge in [-0.25, -0.2) is 0 Å². The maximum absolute atomic E-state index is 13.7. The number of phenolic OH excluding ortho intramolecular Hbond substituents is 3. The van der Waals surface area contributed by atoms with Crippen LogP contribution in [0.3, 0.4) is 0 Å². The molecule has 280 valence electrons. The van der Waals surface area contributed by atoms with Crippen LogP contribution >= 0.6 is 0 Å². The first-order valence-corrected chi connectivity index (χ1v) is 15.8. The first-order valence-electron chi connectivity index (χ1n) is 15.8. The fourth-order valence-corrected chi connectivity index (χ4v) is 6.07. The Morgan fingerprint density at radius 2 is 1.45 bits per heavy atom. The Kier molecular flexibility index (Phi) is 10.7. The number of fused-ring (bicyclic) bond motifs is 1. The molecule has 3 fully saturated rings. The highest BCUT2D eigenvalue weighted by Crippen LogP contribution is 2.38. The summed E-state index contributed by atoms with van der Waals surface area (Å²) in [5.74, 6) is -2.09. The third-order valence-corrected chi connectivity index (χ3v) is 8.94. The number of rotatable bonds is 8. The standard InChI is InChI=1S/C32H38O19/c1-10-26(49-32-25(44)28(21(40)18(8-33)48-32)50-30-23(42)20(39)16(37)9-45-30)22(41)24(43)31(46-10)51-29-19(38)13-4-3-12(34)7-17(13)47-27(29)11-2-5-14(35)15(36)6-11/h2-7,10,16,18,20-26,28,30-37,39-44H,8-9H2,1H3/t10-,16+,18+,20-,21-,22-,23+,24+,25+,26-,28-,30-,31-,32-/m0/s1. The summed E-state index contributed by atoms with van der Waals surface area (Å²) >= 11 is 0. The predicted molar refractivity (Wildman–Crippen MR) is 165 cm³/mol. The maximum atomic E-state index is 13.7. The van der Waals surface area contributed by atoms with E-state index in [9.17, 15) is 61.0 Å². The Bertz CT molecular complexity index is 1750. The van der Waals surface area contributed by atoms with Crippen LogP contribution in [0, 0.1) is 0 Å². The van der Waals surface area contributed by atoms with Crippen molar-refractivity contribution in [2.75, 3.05) is 13.2 Å². The van der Waals surface area contributed by atoms with Crippen molar-refractivity contribution in [2.24, 2.45) is 0 Å². The summed E-state index contributed by atoms with van der Waals surface area (Å²) in [4.78, 5) is 13.7. The van der Waals surface area contributed by atoms with Gasteiger partial charge in [0.1, 0.15) is 72.4 Å². The van der Waals surface area contributed by atoms with Crippen LogP contribution in [0.4, 0.5) is 0 Å². The minimum atomic E-state index is -1.95. The van der Waals surface area contributed by atoms with Crippen LogP contribution in [-0.4, -0.2) is 155 Å². The molecule has 0 unspecified atom stereocenters. The number of aromatic hydroxyl groups is 3. The number of phenols is 3. The van der Waals surface area contributed by atoms with Gasteiger partial charge >= 0.3 is 0 Å². The van der Waals surface area contributed by atoms with E-state index in [1.807, 2.05) is 0 Å². The van der Waals surface area contributed by atoms with Crippen molar-refractivity contribution in [2.45, 2.75) is 92.9 Å². The van der Waals surface area contributed by atoms with Crippen molar-refractivity contribution < 1.29 is 89.0 Å². The van der Waals surface area contributed by atoms with Gasteiger partial charge in [-0.05, 0) is 37.3 Å². The quantitative estimate of drug-likeness (QED) is 0.104. The van der Waals surface area contributed by atoms with E-state index in [1.54, 1.807) is 0 Å². The molecule has 0 saturated carbocycles. The number of hydrogen-bond acceptors (Lipinski definition) is 19. The number of aliphatic hydroxyl groups is 8. The van der Waals surface area contributed by atoms with Crippen molar-refractivity contribution >= 4 is 11.0 Å². The summed E-state index contributed by atoms with van der Waals surface area (Å²) in [6.45, 7) is 0.132. The number of benzene rings is 2. The van der Waals surface area contributed by atoms with Gasteiger partial charge in [-0.1, -0.05) is 0 Å². The largest absolute Gasteiger partial charge is 0.508 e. The van der Waals surface area contributed by atoms with Crippen molar-refractivity contribution in [3.05, 3.63) is 46.6 Å². The topological polar surface area (TPSA) is 308 Å². The van der Waals surface area contributed by atoms with Crippen molar-refractivity contribution in [3.8, 4) is 34.3 Å². The molecule has 3 aromatic rings. The molecule has 0 amide bonds. The lowest BCUT2D eigenvalue weighted by Gasteiger charge is -2.47. The molecular weight excluding hydrogens is 688 g/mol. The van der Waals surface area contributed by atoms with Crippen LogP contribution in [0.5, 0.6) is 23.0 Å². The fraction of sp³-hybridized carbons (Fsp3) is 0.531. The molecule has 4 heterocycles. The maximum Gasteiger partial charge on any atom is 0.235 e. The van der Waals surface area contributed by atoms with E-state index < -0.39 is 122 Å². The predicted octanol–water partition coefficient (Wildman–Crippen LogP) is -2.93. The average Bonchev–Trinajstić information content (AvgIpc) is 3.10. The molecule has 3 aliphatic rings. The summed E-state index contributed by atoms with van der Waals surface area (Å²) < 4.78 is 39.6. The van der Waals surface area contributed by atoms with Crippen LogP contribution in [0.1, 0.15) is 6.92 Å².